The summed E-state index contributed by atoms with van der Waals surface area (Å²) in [5, 5.41) is 15.3. The summed E-state index contributed by atoms with van der Waals surface area (Å²) in [5.41, 5.74) is 0.454. The largest absolute Gasteiger partial charge is 0.356 e. The average Bonchev–Trinajstić information content (AvgIpc) is 3.04. The van der Waals surface area contributed by atoms with Gasteiger partial charge in [-0.3, -0.25) is 14.3 Å². The van der Waals surface area contributed by atoms with Gasteiger partial charge in [0.2, 0.25) is 5.91 Å². The van der Waals surface area contributed by atoms with E-state index in [1.54, 1.807) is 25.4 Å². The van der Waals surface area contributed by atoms with Crippen molar-refractivity contribution < 1.29 is 18.7 Å². The molecule has 2 amide bonds. The maximum atomic E-state index is 13.6. The zero-order valence-electron chi connectivity index (χ0n) is 13.9. The number of aromatic nitrogens is 2. The van der Waals surface area contributed by atoms with E-state index in [1.165, 1.54) is 27.8 Å². The van der Waals surface area contributed by atoms with Crippen LogP contribution < -0.4 is 5.32 Å². The van der Waals surface area contributed by atoms with Crippen molar-refractivity contribution >= 4 is 17.6 Å². The molecule has 1 aromatic heterocycles. The normalized spacial score (nSPS) is 19.9. The number of hydrogen-bond acceptors (Lipinski definition) is 5. The third kappa shape index (κ3) is 3.55. The molecule has 0 aliphatic carbocycles. The summed E-state index contributed by atoms with van der Waals surface area (Å²) in [6, 6.07) is 8.41. The number of hydrogen-bond donors (Lipinski definition) is 1. The van der Waals surface area contributed by atoms with E-state index in [0.717, 1.165) is 0 Å². The first kappa shape index (κ1) is 17.6. The second kappa shape index (κ2) is 7.33. The summed E-state index contributed by atoms with van der Waals surface area (Å²) >= 11 is 0. The van der Waals surface area contributed by atoms with Crippen LogP contribution in [-0.2, 0) is 20.9 Å². The molecule has 2 atom stereocenters. The second-order valence-electron chi connectivity index (χ2n) is 5.78. The topological polar surface area (TPSA) is 100 Å². The zero-order valence-corrected chi connectivity index (χ0v) is 13.9. The van der Waals surface area contributed by atoms with Crippen LogP contribution in [0.5, 0.6) is 0 Å². The summed E-state index contributed by atoms with van der Waals surface area (Å²) < 4.78 is 20.4. The molecule has 2 aromatic rings. The van der Waals surface area contributed by atoms with Crippen molar-refractivity contribution in [2.24, 2.45) is 0 Å². The highest BCUT2D eigenvalue weighted by atomic mass is 19.1. The fourth-order valence-electron chi connectivity index (χ4n) is 2.81. The average molecular weight is 357 g/mol. The maximum absolute atomic E-state index is 13.6. The fourth-order valence-corrected chi connectivity index (χ4v) is 2.81. The Kier molecular flexibility index (Phi) is 4.95. The zero-order chi connectivity index (χ0) is 18.7. The van der Waals surface area contributed by atoms with Crippen LogP contribution in [0.1, 0.15) is 11.6 Å². The predicted molar refractivity (Wildman–Crippen MR) is 88.1 cm³/mol. The summed E-state index contributed by atoms with van der Waals surface area (Å²) in [6.45, 7) is -0.192. The van der Waals surface area contributed by atoms with Crippen molar-refractivity contribution in [3.63, 3.8) is 0 Å². The van der Waals surface area contributed by atoms with Crippen LogP contribution in [0.4, 0.5) is 10.2 Å². The van der Waals surface area contributed by atoms with E-state index in [-0.39, 0.29) is 24.9 Å². The molecule has 0 bridgehead atoms. The minimum absolute atomic E-state index is 0.0545. The number of anilines is 1. The minimum atomic E-state index is -1.03. The van der Waals surface area contributed by atoms with Crippen LogP contribution in [0.2, 0.25) is 0 Å². The number of nitrogens with one attached hydrogen (secondary N) is 1. The van der Waals surface area contributed by atoms with E-state index < -0.39 is 23.9 Å². The Labute approximate surface area is 148 Å². The number of rotatable bonds is 4. The van der Waals surface area contributed by atoms with E-state index in [0.29, 0.717) is 5.56 Å². The highest BCUT2D eigenvalue weighted by molar-refractivity contribution is 5.95. The van der Waals surface area contributed by atoms with Gasteiger partial charge in [-0.05, 0) is 17.7 Å². The molecule has 2 heterocycles. The summed E-state index contributed by atoms with van der Waals surface area (Å²) in [6.07, 6.45) is 0.529. The van der Waals surface area contributed by atoms with Crippen LogP contribution in [-0.4, -0.2) is 46.3 Å². The molecule has 0 saturated carbocycles. The highest BCUT2D eigenvalue weighted by Crippen LogP contribution is 2.30. The minimum Gasteiger partial charge on any atom is -0.356 e. The number of amides is 2. The van der Waals surface area contributed by atoms with Crippen molar-refractivity contribution in [3.05, 3.63) is 47.9 Å². The van der Waals surface area contributed by atoms with E-state index in [4.69, 9.17) is 10.00 Å². The van der Waals surface area contributed by atoms with Gasteiger partial charge in [0.1, 0.15) is 19.0 Å². The van der Waals surface area contributed by atoms with E-state index in [9.17, 15) is 14.0 Å². The molecular formula is C17H16FN5O3. The standard InChI is InChI=1S/C17H16FN5O3/c1-22-14(24)10-26-16(15(22)11-3-2-4-12(18)9-11)17(25)20-13-5-7-23(21-13)8-6-19/h2-5,7,9,15-16H,8,10H2,1H3,(H,20,21,25). The molecule has 2 unspecified atom stereocenters. The number of morpholine rings is 1. The molecule has 3 rings (SSSR count). The lowest BCUT2D eigenvalue weighted by atomic mass is 9.97. The van der Waals surface area contributed by atoms with Gasteiger partial charge in [-0.2, -0.15) is 10.4 Å². The van der Waals surface area contributed by atoms with Gasteiger partial charge in [0.25, 0.3) is 5.91 Å². The number of nitriles is 1. The Morgan fingerprint density at radius 1 is 1.50 bits per heavy atom. The summed E-state index contributed by atoms with van der Waals surface area (Å²) in [5.74, 6) is -1.03. The summed E-state index contributed by atoms with van der Waals surface area (Å²) in [4.78, 5) is 26.0. The number of carbonyl (C=O) groups excluding carboxylic acids is 2. The molecule has 8 nitrogen and oxygen atoms in total. The SMILES string of the molecule is CN1C(=O)COC(C(=O)Nc2ccn(CC#N)n2)C1c1cccc(F)c1. The molecule has 1 saturated heterocycles. The molecule has 0 radical (unpaired) electrons. The summed E-state index contributed by atoms with van der Waals surface area (Å²) in [7, 11) is 1.54. The Morgan fingerprint density at radius 2 is 2.31 bits per heavy atom. The Bertz CT molecular complexity index is 875. The molecule has 1 fully saturated rings. The lowest BCUT2D eigenvalue weighted by Crippen LogP contribution is -2.51. The number of carbonyl (C=O) groups is 2. The van der Waals surface area contributed by atoms with Crippen LogP contribution in [0.25, 0.3) is 0 Å². The number of likely N-dealkylation sites (N-methyl/N-ethyl adjacent to an activating group) is 1. The first-order valence-corrected chi connectivity index (χ1v) is 7.83. The van der Waals surface area contributed by atoms with Crippen molar-refractivity contribution in [1.29, 1.82) is 5.26 Å². The number of halogens is 1. The van der Waals surface area contributed by atoms with E-state index in [1.807, 2.05) is 6.07 Å². The van der Waals surface area contributed by atoms with E-state index >= 15 is 0 Å². The number of ether oxygens (including phenoxy) is 1. The lowest BCUT2D eigenvalue weighted by molar-refractivity contribution is -0.160. The number of nitrogens with zero attached hydrogens (tertiary/aromatic N) is 4. The third-order valence-electron chi connectivity index (χ3n) is 4.06. The monoisotopic (exact) mass is 357 g/mol. The van der Waals surface area contributed by atoms with Gasteiger partial charge < -0.3 is 15.0 Å². The van der Waals surface area contributed by atoms with Crippen molar-refractivity contribution in [1.82, 2.24) is 14.7 Å². The molecule has 1 aliphatic rings. The maximum Gasteiger partial charge on any atom is 0.257 e. The van der Waals surface area contributed by atoms with Gasteiger partial charge >= 0.3 is 0 Å². The van der Waals surface area contributed by atoms with Gasteiger partial charge in [0, 0.05) is 19.3 Å². The molecule has 1 aromatic carbocycles. The third-order valence-corrected chi connectivity index (χ3v) is 4.06. The van der Waals surface area contributed by atoms with Crippen LogP contribution in [0, 0.1) is 17.1 Å². The van der Waals surface area contributed by atoms with Crippen molar-refractivity contribution in [3.8, 4) is 6.07 Å². The van der Waals surface area contributed by atoms with Crippen LogP contribution >= 0.6 is 0 Å². The fraction of sp³-hybridized carbons (Fsp3) is 0.294. The molecule has 1 N–H and O–H groups in total. The van der Waals surface area contributed by atoms with Crippen molar-refractivity contribution in [2.45, 2.75) is 18.7 Å². The van der Waals surface area contributed by atoms with Crippen molar-refractivity contribution in [2.75, 3.05) is 19.0 Å². The lowest BCUT2D eigenvalue weighted by Gasteiger charge is -2.38. The van der Waals surface area contributed by atoms with Crippen LogP contribution in [0.3, 0.4) is 0 Å². The Balaban J connectivity index is 1.84. The first-order valence-electron chi connectivity index (χ1n) is 7.83. The second-order valence-corrected chi connectivity index (χ2v) is 5.78. The smallest absolute Gasteiger partial charge is 0.257 e. The van der Waals surface area contributed by atoms with Gasteiger partial charge in [-0.25, -0.2) is 4.39 Å². The Hall–Kier alpha value is -3.25. The predicted octanol–water partition coefficient (Wildman–Crippen LogP) is 1.08. The van der Waals surface area contributed by atoms with Gasteiger partial charge in [-0.1, -0.05) is 12.1 Å². The van der Waals surface area contributed by atoms with Gasteiger partial charge in [-0.15, -0.1) is 0 Å². The van der Waals surface area contributed by atoms with Crippen LogP contribution in [0.15, 0.2) is 36.5 Å². The molecule has 1 aliphatic heterocycles. The van der Waals surface area contributed by atoms with Gasteiger partial charge in [0.15, 0.2) is 11.9 Å². The quantitative estimate of drug-likeness (QED) is 0.883. The molecule has 0 spiro atoms. The molecule has 134 valence electrons. The molecule has 26 heavy (non-hydrogen) atoms. The molecular weight excluding hydrogens is 341 g/mol. The van der Waals surface area contributed by atoms with Gasteiger partial charge in [0.05, 0.1) is 12.1 Å². The number of benzene rings is 1. The molecule has 9 heteroatoms. The first-order chi connectivity index (χ1) is 12.5. The van der Waals surface area contributed by atoms with E-state index in [2.05, 4.69) is 10.4 Å². The highest BCUT2D eigenvalue weighted by Gasteiger charge is 2.40. The Morgan fingerprint density at radius 3 is 3.04 bits per heavy atom.